The molecule has 0 radical (unpaired) electrons. The molecule has 7 nitrogen and oxygen atoms in total. The summed E-state index contributed by atoms with van der Waals surface area (Å²) in [5.41, 5.74) is 2.34. The molecule has 2 heterocycles. The molecule has 4 aromatic rings. The molecule has 0 aliphatic carbocycles. The lowest BCUT2D eigenvalue weighted by molar-refractivity contribution is -0.117. The molecule has 1 aliphatic rings. The van der Waals surface area contributed by atoms with E-state index in [-0.39, 0.29) is 24.0 Å². The van der Waals surface area contributed by atoms with E-state index < -0.39 is 5.82 Å². The Morgan fingerprint density at radius 3 is 2.62 bits per heavy atom. The predicted molar refractivity (Wildman–Crippen MR) is 123 cm³/mol. The van der Waals surface area contributed by atoms with Gasteiger partial charge < -0.3 is 18.9 Å². The molecule has 0 spiro atoms. The highest BCUT2D eigenvalue weighted by atomic mass is 19.1. The van der Waals surface area contributed by atoms with E-state index in [0.717, 1.165) is 16.9 Å². The number of benzene rings is 3. The molecular weight excluding hydrogens is 437 g/mol. The van der Waals surface area contributed by atoms with Crippen LogP contribution in [0.25, 0.3) is 11.4 Å². The van der Waals surface area contributed by atoms with Crippen LogP contribution in [-0.4, -0.2) is 29.7 Å². The maximum atomic E-state index is 14.1. The zero-order valence-corrected chi connectivity index (χ0v) is 18.5. The van der Waals surface area contributed by atoms with Gasteiger partial charge in [0.05, 0.1) is 13.0 Å². The largest absolute Gasteiger partial charge is 0.494 e. The second kappa shape index (κ2) is 9.35. The third kappa shape index (κ3) is 4.47. The van der Waals surface area contributed by atoms with Crippen molar-refractivity contribution < 1.29 is 23.2 Å². The lowest BCUT2D eigenvalue weighted by Gasteiger charge is -2.16. The Morgan fingerprint density at radius 1 is 1.09 bits per heavy atom. The van der Waals surface area contributed by atoms with Crippen molar-refractivity contribution in [1.82, 2.24) is 10.1 Å². The van der Waals surface area contributed by atoms with Crippen molar-refractivity contribution in [3.8, 4) is 22.9 Å². The van der Waals surface area contributed by atoms with Crippen LogP contribution in [-0.2, 0) is 11.4 Å². The van der Waals surface area contributed by atoms with E-state index in [4.69, 9.17) is 14.0 Å². The molecule has 1 aromatic heterocycles. The van der Waals surface area contributed by atoms with Crippen LogP contribution in [0.5, 0.6) is 11.5 Å². The summed E-state index contributed by atoms with van der Waals surface area (Å²) in [5, 5.41) is 4.08. The Morgan fingerprint density at radius 2 is 1.88 bits per heavy atom. The highest BCUT2D eigenvalue weighted by molar-refractivity contribution is 5.96. The second-order valence-electron chi connectivity index (χ2n) is 7.98. The van der Waals surface area contributed by atoms with Gasteiger partial charge in [-0.3, -0.25) is 4.79 Å². The van der Waals surface area contributed by atoms with Gasteiger partial charge in [-0.05, 0) is 42.0 Å². The van der Waals surface area contributed by atoms with Crippen LogP contribution in [0.4, 0.5) is 10.1 Å². The molecule has 1 unspecified atom stereocenters. The van der Waals surface area contributed by atoms with E-state index in [0.29, 0.717) is 30.6 Å². The Balaban J connectivity index is 1.25. The SMILES string of the molecule is COc1ccc(N2CC(c3nc(-c4ccc(OCc5ccccc5)cc4)no3)CC2=O)cc1F. The number of hydrogen-bond donors (Lipinski definition) is 0. The monoisotopic (exact) mass is 459 g/mol. The van der Waals surface area contributed by atoms with Crippen LogP contribution in [0, 0.1) is 5.82 Å². The standard InChI is InChI=1S/C26H22FN3O4/c1-32-23-12-9-20(14-22(23)27)30-15-19(13-24(30)31)26-28-25(29-34-26)18-7-10-21(11-8-18)33-16-17-5-3-2-4-6-17/h2-12,14,19H,13,15-16H2,1H3. The van der Waals surface area contributed by atoms with Gasteiger partial charge in [-0.25, -0.2) is 4.39 Å². The van der Waals surface area contributed by atoms with Gasteiger partial charge in [0.15, 0.2) is 11.6 Å². The van der Waals surface area contributed by atoms with Gasteiger partial charge in [-0.1, -0.05) is 35.5 Å². The van der Waals surface area contributed by atoms with Gasteiger partial charge in [0, 0.05) is 30.3 Å². The molecule has 3 aromatic carbocycles. The van der Waals surface area contributed by atoms with E-state index in [1.54, 1.807) is 6.07 Å². The fourth-order valence-electron chi connectivity index (χ4n) is 3.91. The Bertz CT molecular complexity index is 1290. The zero-order chi connectivity index (χ0) is 23.5. The molecule has 8 heteroatoms. The van der Waals surface area contributed by atoms with Crippen molar-refractivity contribution in [2.45, 2.75) is 18.9 Å². The van der Waals surface area contributed by atoms with Gasteiger partial charge >= 0.3 is 0 Å². The summed E-state index contributed by atoms with van der Waals surface area (Å²) in [6, 6.07) is 21.8. The number of hydrogen-bond acceptors (Lipinski definition) is 6. The van der Waals surface area contributed by atoms with Crippen molar-refractivity contribution in [2.24, 2.45) is 0 Å². The zero-order valence-electron chi connectivity index (χ0n) is 18.5. The first kappa shape index (κ1) is 21.6. The van der Waals surface area contributed by atoms with Crippen molar-refractivity contribution in [3.05, 3.63) is 90.1 Å². The van der Waals surface area contributed by atoms with E-state index >= 15 is 0 Å². The maximum absolute atomic E-state index is 14.1. The number of ether oxygens (including phenoxy) is 2. The molecule has 1 atom stereocenters. The minimum atomic E-state index is -0.521. The normalized spacial score (nSPS) is 15.5. The first-order chi connectivity index (χ1) is 16.6. The minimum Gasteiger partial charge on any atom is -0.494 e. The molecule has 1 saturated heterocycles. The van der Waals surface area contributed by atoms with Crippen LogP contribution in [0.2, 0.25) is 0 Å². The lowest BCUT2D eigenvalue weighted by atomic mass is 10.1. The van der Waals surface area contributed by atoms with Crippen molar-refractivity contribution in [3.63, 3.8) is 0 Å². The third-order valence-electron chi connectivity index (χ3n) is 5.72. The predicted octanol–water partition coefficient (Wildman–Crippen LogP) is 4.98. The highest BCUT2D eigenvalue weighted by Crippen LogP contribution is 2.33. The average molecular weight is 459 g/mol. The molecule has 0 saturated carbocycles. The minimum absolute atomic E-state index is 0.130. The molecule has 172 valence electrons. The van der Waals surface area contributed by atoms with E-state index in [1.165, 1.54) is 24.1 Å². The van der Waals surface area contributed by atoms with Crippen LogP contribution >= 0.6 is 0 Å². The van der Waals surface area contributed by atoms with Gasteiger partial charge in [-0.15, -0.1) is 0 Å². The van der Waals surface area contributed by atoms with Crippen LogP contribution in [0.1, 0.15) is 23.8 Å². The molecular formula is C26H22FN3O4. The molecule has 0 N–H and O–H groups in total. The molecule has 0 bridgehead atoms. The highest BCUT2D eigenvalue weighted by Gasteiger charge is 2.35. The number of nitrogens with zero attached hydrogens (tertiary/aromatic N) is 3. The first-order valence-electron chi connectivity index (χ1n) is 10.9. The van der Waals surface area contributed by atoms with Gasteiger partial charge in [0.1, 0.15) is 12.4 Å². The Hall–Kier alpha value is -4.20. The third-order valence-corrected chi connectivity index (χ3v) is 5.72. The van der Waals surface area contributed by atoms with Gasteiger partial charge in [-0.2, -0.15) is 4.98 Å². The number of carbonyl (C=O) groups excluding carboxylic acids is 1. The fraction of sp³-hybridized carbons (Fsp3) is 0.192. The number of rotatable bonds is 7. The summed E-state index contributed by atoms with van der Waals surface area (Å²) in [6.07, 6.45) is 0.210. The van der Waals surface area contributed by atoms with Gasteiger partial charge in [0.2, 0.25) is 17.6 Å². The van der Waals surface area contributed by atoms with E-state index in [1.807, 2.05) is 54.6 Å². The number of methoxy groups -OCH3 is 1. The molecule has 34 heavy (non-hydrogen) atoms. The summed E-state index contributed by atoms with van der Waals surface area (Å²) < 4.78 is 30.3. The first-order valence-corrected chi connectivity index (χ1v) is 10.9. The summed E-state index contributed by atoms with van der Waals surface area (Å²) in [5.74, 6) is 0.759. The quantitative estimate of drug-likeness (QED) is 0.388. The smallest absolute Gasteiger partial charge is 0.232 e. The van der Waals surface area contributed by atoms with E-state index in [2.05, 4.69) is 10.1 Å². The summed E-state index contributed by atoms with van der Waals surface area (Å²) in [4.78, 5) is 18.6. The molecule has 5 rings (SSSR count). The summed E-state index contributed by atoms with van der Waals surface area (Å²) >= 11 is 0. The number of aromatic nitrogens is 2. The van der Waals surface area contributed by atoms with Gasteiger partial charge in [0.25, 0.3) is 0 Å². The van der Waals surface area contributed by atoms with E-state index in [9.17, 15) is 9.18 Å². The maximum Gasteiger partial charge on any atom is 0.232 e. The Kier molecular flexibility index (Phi) is 5.95. The summed E-state index contributed by atoms with van der Waals surface area (Å²) in [7, 11) is 1.40. The molecule has 1 fully saturated rings. The van der Waals surface area contributed by atoms with Crippen molar-refractivity contribution in [2.75, 3.05) is 18.6 Å². The Labute approximate surface area is 195 Å². The molecule has 1 amide bonds. The lowest BCUT2D eigenvalue weighted by Crippen LogP contribution is -2.24. The van der Waals surface area contributed by atoms with Crippen molar-refractivity contribution >= 4 is 11.6 Å². The number of carbonyl (C=O) groups is 1. The number of halogens is 1. The average Bonchev–Trinajstić information content (AvgIpc) is 3.51. The summed E-state index contributed by atoms with van der Waals surface area (Å²) in [6.45, 7) is 0.815. The van der Waals surface area contributed by atoms with Crippen LogP contribution < -0.4 is 14.4 Å². The topological polar surface area (TPSA) is 77.7 Å². The van der Waals surface area contributed by atoms with Crippen LogP contribution in [0.15, 0.2) is 77.3 Å². The molecule has 1 aliphatic heterocycles. The fourth-order valence-corrected chi connectivity index (χ4v) is 3.91. The van der Waals surface area contributed by atoms with Crippen LogP contribution in [0.3, 0.4) is 0 Å². The van der Waals surface area contributed by atoms with Crippen molar-refractivity contribution in [1.29, 1.82) is 0 Å². The second-order valence-corrected chi connectivity index (χ2v) is 7.98. The number of anilines is 1. The number of amides is 1.